The van der Waals surface area contributed by atoms with Crippen LogP contribution in [0.3, 0.4) is 0 Å². The van der Waals surface area contributed by atoms with Gasteiger partial charge in [0.2, 0.25) is 0 Å². The molecule has 0 aliphatic heterocycles. The third-order valence-electron chi connectivity index (χ3n) is 3.28. The topological polar surface area (TPSA) is 81.7 Å². The van der Waals surface area contributed by atoms with Crippen molar-refractivity contribution in [3.8, 4) is 5.75 Å². The maximum absolute atomic E-state index is 12.1. The average molecular weight is 396 g/mol. The van der Waals surface area contributed by atoms with Crippen LogP contribution in [-0.2, 0) is 14.3 Å². The molecule has 0 heterocycles. The minimum Gasteiger partial charge on any atom is -0.481 e. The third-order valence-corrected chi connectivity index (χ3v) is 4.10. The number of carbonyl (C=O) groups is 3. The van der Waals surface area contributed by atoms with Crippen LogP contribution in [0.2, 0.25) is 10.0 Å². The summed E-state index contributed by atoms with van der Waals surface area (Å²) in [4.78, 5) is 34.8. The zero-order valence-corrected chi connectivity index (χ0v) is 15.2. The summed E-state index contributed by atoms with van der Waals surface area (Å²) in [5, 5.41) is 3.01. The van der Waals surface area contributed by atoms with Crippen LogP contribution in [0.25, 0.3) is 0 Å². The SMILES string of the molecule is C[C@@H](OC(=O)COc1ccccc1C=O)C(=O)Nc1cccc(Cl)c1Cl. The fraction of sp³-hybridized carbons (Fsp3) is 0.167. The first-order chi connectivity index (χ1) is 12.4. The van der Waals surface area contributed by atoms with Crippen molar-refractivity contribution in [3.63, 3.8) is 0 Å². The zero-order chi connectivity index (χ0) is 19.1. The molecule has 6 nitrogen and oxygen atoms in total. The van der Waals surface area contributed by atoms with Gasteiger partial charge < -0.3 is 14.8 Å². The molecule has 136 valence electrons. The first kappa shape index (κ1) is 19.8. The second-order valence-corrected chi connectivity index (χ2v) is 5.95. The first-order valence-electron chi connectivity index (χ1n) is 7.53. The Morgan fingerprint density at radius 2 is 1.88 bits per heavy atom. The van der Waals surface area contributed by atoms with Crippen LogP contribution in [0.15, 0.2) is 42.5 Å². The number of rotatable bonds is 7. The molecule has 0 saturated carbocycles. The molecule has 2 rings (SSSR count). The third kappa shape index (κ3) is 5.21. The van der Waals surface area contributed by atoms with E-state index in [1.165, 1.54) is 6.92 Å². The largest absolute Gasteiger partial charge is 0.481 e. The van der Waals surface area contributed by atoms with Gasteiger partial charge in [0.15, 0.2) is 19.0 Å². The fourth-order valence-electron chi connectivity index (χ4n) is 1.97. The molecule has 0 aliphatic carbocycles. The van der Waals surface area contributed by atoms with Crippen molar-refractivity contribution in [1.29, 1.82) is 0 Å². The molecule has 0 saturated heterocycles. The normalized spacial score (nSPS) is 11.3. The van der Waals surface area contributed by atoms with Gasteiger partial charge in [-0.2, -0.15) is 0 Å². The summed E-state index contributed by atoms with van der Waals surface area (Å²) in [6.45, 7) is 0.964. The van der Waals surface area contributed by atoms with Crippen LogP contribution in [0.5, 0.6) is 5.75 Å². The Morgan fingerprint density at radius 3 is 2.62 bits per heavy atom. The summed E-state index contributed by atoms with van der Waals surface area (Å²) < 4.78 is 10.3. The molecule has 1 atom stereocenters. The van der Waals surface area contributed by atoms with Crippen LogP contribution < -0.4 is 10.1 Å². The lowest BCUT2D eigenvalue weighted by Crippen LogP contribution is -2.31. The molecule has 8 heteroatoms. The number of carbonyl (C=O) groups excluding carboxylic acids is 3. The summed E-state index contributed by atoms with van der Waals surface area (Å²) in [7, 11) is 0. The Labute approximate surface area is 160 Å². The highest BCUT2D eigenvalue weighted by Crippen LogP contribution is 2.29. The van der Waals surface area contributed by atoms with Crippen molar-refractivity contribution < 1.29 is 23.9 Å². The van der Waals surface area contributed by atoms with Crippen LogP contribution in [0, 0.1) is 0 Å². The van der Waals surface area contributed by atoms with Gasteiger partial charge in [0.1, 0.15) is 5.75 Å². The lowest BCUT2D eigenvalue weighted by Gasteiger charge is -2.15. The smallest absolute Gasteiger partial charge is 0.344 e. The number of hydrogen-bond acceptors (Lipinski definition) is 5. The maximum atomic E-state index is 12.1. The van der Waals surface area contributed by atoms with Crippen LogP contribution in [0.1, 0.15) is 17.3 Å². The monoisotopic (exact) mass is 395 g/mol. The van der Waals surface area contributed by atoms with Gasteiger partial charge in [-0.05, 0) is 31.2 Å². The highest BCUT2D eigenvalue weighted by atomic mass is 35.5. The number of aldehydes is 1. The van der Waals surface area contributed by atoms with Gasteiger partial charge in [-0.25, -0.2) is 4.79 Å². The van der Waals surface area contributed by atoms with E-state index in [1.54, 1.807) is 42.5 Å². The molecule has 0 unspecified atom stereocenters. The summed E-state index contributed by atoms with van der Waals surface area (Å²) in [5.41, 5.74) is 0.616. The summed E-state index contributed by atoms with van der Waals surface area (Å²) in [6, 6.07) is 11.2. The maximum Gasteiger partial charge on any atom is 0.344 e. The Bertz CT molecular complexity index is 825. The van der Waals surface area contributed by atoms with Crippen molar-refractivity contribution >= 4 is 47.1 Å². The van der Waals surface area contributed by atoms with Crippen molar-refractivity contribution in [1.82, 2.24) is 0 Å². The van der Waals surface area contributed by atoms with E-state index in [4.69, 9.17) is 32.7 Å². The van der Waals surface area contributed by atoms with Crippen LogP contribution in [-0.4, -0.2) is 30.9 Å². The van der Waals surface area contributed by atoms with E-state index in [2.05, 4.69) is 5.32 Å². The standard InChI is InChI=1S/C18H15Cl2NO5/c1-11(18(24)21-14-7-4-6-13(19)17(14)20)26-16(23)10-25-15-8-3-2-5-12(15)9-22/h2-9,11H,10H2,1H3,(H,21,24)/t11-/m1/s1. The number of esters is 1. The number of amides is 1. The lowest BCUT2D eigenvalue weighted by molar-refractivity contribution is -0.155. The summed E-state index contributed by atoms with van der Waals surface area (Å²) in [5.74, 6) is -1.08. The Balaban J connectivity index is 1.89. The van der Waals surface area contributed by atoms with Gasteiger partial charge in [-0.3, -0.25) is 9.59 Å². The quantitative estimate of drug-likeness (QED) is 0.570. The Morgan fingerprint density at radius 1 is 1.15 bits per heavy atom. The number of para-hydroxylation sites is 1. The van der Waals surface area contributed by atoms with E-state index >= 15 is 0 Å². The number of halogens is 2. The van der Waals surface area contributed by atoms with Gasteiger partial charge in [0.25, 0.3) is 5.91 Å². The van der Waals surface area contributed by atoms with Gasteiger partial charge >= 0.3 is 5.97 Å². The Hall–Kier alpha value is -2.57. The van der Waals surface area contributed by atoms with E-state index in [-0.39, 0.29) is 15.8 Å². The molecule has 2 aromatic carbocycles. The molecular formula is C18H15Cl2NO5. The lowest BCUT2D eigenvalue weighted by atomic mass is 10.2. The average Bonchev–Trinajstić information content (AvgIpc) is 2.63. The summed E-state index contributed by atoms with van der Waals surface area (Å²) in [6.07, 6.45) is -0.465. The Kier molecular flexibility index (Phi) is 7.00. The first-order valence-corrected chi connectivity index (χ1v) is 8.29. The highest BCUT2D eigenvalue weighted by Gasteiger charge is 2.20. The number of hydrogen-bond donors (Lipinski definition) is 1. The summed E-state index contributed by atoms with van der Waals surface area (Å²) >= 11 is 11.9. The molecule has 1 amide bonds. The zero-order valence-electron chi connectivity index (χ0n) is 13.7. The molecule has 26 heavy (non-hydrogen) atoms. The van der Waals surface area contributed by atoms with E-state index < -0.39 is 24.6 Å². The molecule has 0 aliphatic rings. The predicted octanol–water partition coefficient (Wildman–Crippen LogP) is 3.76. The fourth-order valence-corrected chi connectivity index (χ4v) is 2.31. The molecule has 0 fully saturated rings. The van der Waals surface area contributed by atoms with Crippen molar-refractivity contribution in [3.05, 3.63) is 58.1 Å². The van der Waals surface area contributed by atoms with E-state index in [0.29, 0.717) is 17.5 Å². The van der Waals surface area contributed by atoms with Gasteiger partial charge in [-0.1, -0.05) is 41.4 Å². The van der Waals surface area contributed by atoms with E-state index in [1.807, 2.05) is 0 Å². The number of nitrogens with one attached hydrogen (secondary N) is 1. The van der Waals surface area contributed by atoms with E-state index in [0.717, 1.165) is 0 Å². The van der Waals surface area contributed by atoms with Crippen molar-refractivity contribution in [2.75, 3.05) is 11.9 Å². The highest BCUT2D eigenvalue weighted by molar-refractivity contribution is 6.44. The molecular weight excluding hydrogens is 381 g/mol. The molecule has 1 N–H and O–H groups in total. The molecule has 0 spiro atoms. The second-order valence-electron chi connectivity index (χ2n) is 5.17. The van der Waals surface area contributed by atoms with Gasteiger partial charge in [0.05, 0.1) is 21.3 Å². The predicted molar refractivity (Wildman–Crippen MR) is 98.0 cm³/mol. The molecule has 0 aromatic heterocycles. The van der Waals surface area contributed by atoms with E-state index in [9.17, 15) is 14.4 Å². The van der Waals surface area contributed by atoms with Crippen LogP contribution >= 0.6 is 23.2 Å². The number of ether oxygens (including phenoxy) is 2. The molecule has 0 radical (unpaired) electrons. The number of benzene rings is 2. The molecule has 0 bridgehead atoms. The van der Waals surface area contributed by atoms with Crippen molar-refractivity contribution in [2.24, 2.45) is 0 Å². The number of anilines is 1. The minimum absolute atomic E-state index is 0.190. The van der Waals surface area contributed by atoms with Crippen molar-refractivity contribution in [2.45, 2.75) is 13.0 Å². The second kappa shape index (κ2) is 9.22. The van der Waals surface area contributed by atoms with Crippen LogP contribution in [0.4, 0.5) is 5.69 Å². The molecule has 2 aromatic rings. The minimum atomic E-state index is -1.08. The van der Waals surface area contributed by atoms with Gasteiger partial charge in [-0.15, -0.1) is 0 Å². The van der Waals surface area contributed by atoms with Gasteiger partial charge in [0, 0.05) is 0 Å².